The Morgan fingerprint density at radius 2 is 1.55 bits per heavy atom. The minimum absolute atomic E-state index is 0.109. The molecule has 2 rings (SSSR count). The van der Waals surface area contributed by atoms with Gasteiger partial charge in [0, 0.05) is 6.04 Å². The van der Waals surface area contributed by atoms with Gasteiger partial charge in [0.2, 0.25) is 0 Å². The maximum Gasteiger partial charge on any atom is 0.315 e. The maximum absolute atomic E-state index is 12.2. The number of hydrogen-bond acceptors (Lipinski definition) is 2. The van der Waals surface area contributed by atoms with Gasteiger partial charge in [-0.2, -0.15) is 0 Å². The summed E-state index contributed by atoms with van der Waals surface area (Å²) in [5.41, 5.74) is 5.18. The van der Waals surface area contributed by atoms with Crippen LogP contribution in [-0.2, 0) is 0 Å². The molecule has 0 radical (unpaired) electrons. The quantitative estimate of drug-likeness (QED) is 0.363. The number of rotatable bonds is 3. The van der Waals surface area contributed by atoms with Crippen LogP contribution in [0.5, 0.6) is 0 Å². The smallest absolute Gasteiger partial charge is 0.315 e. The molecule has 0 atom stereocenters. The molecular weight excluding hydrogens is 252 g/mol. The molecule has 0 aromatic heterocycles. The van der Waals surface area contributed by atoms with Crippen molar-refractivity contribution in [3.8, 4) is 0 Å². The standard InChI is InChI=1S/C15H28N4O/c16-13(17)15(10-6-1-2-7-11-15)19-14(20)18-12-8-4-3-5-9-12/h12H,1-11H2,(H3,16,17)(H2,18,19,20). The van der Waals surface area contributed by atoms with Gasteiger partial charge in [0.1, 0.15) is 5.84 Å². The van der Waals surface area contributed by atoms with Crippen LogP contribution >= 0.6 is 0 Å². The molecule has 0 aliphatic heterocycles. The Morgan fingerprint density at radius 3 is 2.10 bits per heavy atom. The molecule has 2 saturated carbocycles. The van der Waals surface area contributed by atoms with Gasteiger partial charge in [-0.25, -0.2) is 4.79 Å². The molecule has 0 heterocycles. The van der Waals surface area contributed by atoms with Crippen molar-refractivity contribution >= 4 is 11.9 Å². The molecule has 0 spiro atoms. The first-order valence-electron chi connectivity index (χ1n) is 8.06. The van der Waals surface area contributed by atoms with Gasteiger partial charge in [0.05, 0.1) is 5.54 Å². The number of nitrogens with one attached hydrogen (secondary N) is 3. The summed E-state index contributed by atoms with van der Waals surface area (Å²) in [5.74, 6) is 0.109. The number of amidine groups is 1. The molecular formula is C15H28N4O. The second-order valence-electron chi connectivity index (χ2n) is 6.34. The fraction of sp³-hybridized carbons (Fsp3) is 0.867. The highest BCUT2D eigenvalue weighted by molar-refractivity contribution is 5.91. The molecule has 5 heteroatoms. The van der Waals surface area contributed by atoms with Crippen LogP contribution in [0.2, 0.25) is 0 Å². The highest BCUT2D eigenvalue weighted by atomic mass is 16.2. The average Bonchev–Trinajstić information content (AvgIpc) is 2.66. The Hall–Kier alpha value is -1.26. The number of carbonyl (C=O) groups is 1. The molecule has 0 unspecified atom stereocenters. The Labute approximate surface area is 121 Å². The van der Waals surface area contributed by atoms with Crippen molar-refractivity contribution in [3.05, 3.63) is 0 Å². The number of nitrogens with two attached hydrogens (primary N) is 1. The third-order valence-corrected chi connectivity index (χ3v) is 4.77. The van der Waals surface area contributed by atoms with E-state index in [2.05, 4.69) is 10.6 Å². The second-order valence-corrected chi connectivity index (χ2v) is 6.34. The average molecular weight is 280 g/mol. The number of carbonyl (C=O) groups excluding carboxylic acids is 1. The van der Waals surface area contributed by atoms with Crippen LogP contribution in [-0.4, -0.2) is 23.4 Å². The molecule has 2 amide bonds. The Bertz CT molecular complexity index is 342. The molecule has 2 fully saturated rings. The van der Waals surface area contributed by atoms with Crippen molar-refractivity contribution in [2.24, 2.45) is 5.73 Å². The van der Waals surface area contributed by atoms with E-state index in [1.54, 1.807) is 0 Å². The lowest BCUT2D eigenvalue weighted by Crippen LogP contribution is -2.60. The van der Waals surface area contributed by atoms with Crippen molar-refractivity contribution in [2.75, 3.05) is 0 Å². The molecule has 114 valence electrons. The lowest BCUT2D eigenvalue weighted by Gasteiger charge is -2.34. The van der Waals surface area contributed by atoms with Crippen molar-refractivity contribution in [3.63, 3.8) is 0 Å². The van der Waals surface area contributed by atoms with E-state index in [1.807, 2.05) is 0 Å². The minimum Gasteiger partial charge on any atom is -0.386 e. The molecule has 2 aliphatic carbocycles. The van der Waals surface area contributed by atoms with Gasteiger partial charge in [-0.05, 0) is 25.7 Å². The topological polar surface area (TPSA) is 91.0 Å². The number of hydrogen-bond donors (Lipinski definition) is 4. The second kappa shape index (κ2) is 6.95. The first kappa shape index (κ1) is 15.1. The summed E-state index contributed by atoms with van der Waals surface area (Å²) in [6.45, 7) is 0. The van der Waals surface area contributed by atoms with E-state index in [-0.39, 0.29) is 11.9 Å². The highest BCUT2D eigenvalue weighted by Gasteiger charge is 2.36. The highest BCUT2D eigenvalue weighted by Crippen LogP contribution is 2.27. The monoisotopic (exact) mass is 280 g/mol. The van der Waals surface area contributed by atoms with Crippen molar-refractivity contribution in [2.45, 2.75) is 82.2 Å². The zero-order chi connectivity index (χ0) is 14.4. The van der Waals surface area contributed by atoms with Crippen molar-refractivity contribution in [1.29, 1.82) is 5.41 Å². The minimum atomic E-state index is -0.616. The lowest BCUT2D eigenvalue weighted by molar-refractivity contribution is 0.222. The van der Waals surface area contributed by atoms with Crippen LogP contribution in [0.25, 0.3) is 0 Å². The first-order valence-corrected chi connectivity index (χ1v) is 8.06. The SMILES string of the molecule is N=C(N)C1(NC(=O)NC2CCCCC2)CCCCCC1. The van der Waals surface area contributed by atoms with Gasteiger partial charge in [0.15, 0.2) is 0 Å². The van der Waals surface area contributed by atoms with Gasteiger partial charge < -0.3 is 16.4 Å². The maximum atomic E-state index is 12.2. The number of amides is 2. The van der Waals surface area contributed by atoms with Gasteiger partial charge in [-0.3, -0.25) is 5.41 Å². The van der Waals surface area contributed by atoms with Crippen LogP contribution in [0.4, 0.5) is 4.79 Å². The molecule has 20 heavy (non-hydrogen) atoms. The van der Waals surface area contributed by atoms with Crippen molar-refractivity contribution in [1.82, 2.24) is 10.6 Å². The van der Waals surface area contributed by atoms with Crippen LogP contribution in [0, 0.1) is 5.41 Å². The summed E-state index contributed by atoms with van der Waals surface area (Å²) in [6, 6.07) is 0.146. The van der Waals surface area contributed by atoms with Gasteiger partial charge in [-0.1, -0.05) is 44.9 Å². The lowest BCUT2D eigenvalue weighted by atomic mass is 9.89. The summed E-state index contributed by atoms with van der Waals surface area (Å²) in [7, 11) is 0. The van der Waals surface area contributed by atoms with Gasteiger partial charge in [-0.15, -0.1) is 0 Å². The van der Waals surface area contributed by atoms with Crippen LogP contribution in [0.1, 0.15) is 70.6 Å². The van der Waals surface area contributed by atoms with E-state index in [4.69, 9.17) is 11.1 Å². The molecule has 0 bridgehead atoms. The fourth-order valence-electron chi connectivity index (χ4n) is 3.48. The van der Waals surface area contributed by atoms with Gasteiger partial charge in [0.25, 0.3) is 0 Å². The summed E-state index contributed by atoms with van der Waals surface area (Å²) in [4.78, 5) is 12.2. The van der Waals surface area contributed by atoms with E-state index in [0.717, 1.165) is 38.5 Å². The van der Waals surface area contributed by atoms with E-state index < -0.39 is 5.54 Å². The number of urea groups is 1. The fourth-order valence-corrected chi connectivity index (χ4v) is 3.48. The third kappa shape index (κ3) is 3.87. The van der Waals surface area contributed by atoms with E-state index >= 15 is 0 Å². The molecule has 2 aliphatic rings. The largest absolute Gasteiger partial charge is 0.386 e. The third-order valence-electron chi connectivity index (χ3n) is 4.77. The van der Waals surface area contributed by atoms with Crippen LogP contribution < -0.4 is 16.4 Å². The van der Waals surface area contributed by atoms with Crippen molar-refractivity contribution < 1.29 is 4.79 Å². The predicted molar refractivity (Wildman–Crippen MR) is 80.9 cm³/mol. The van der Waals surface area contributed by atoms with E-state index in [9.17, 15) is 4.79 Å². The molecule has 0 aromatic rings. The Kier molecular flexibility index (Phi) is 5.26. The molecule has 5 nitrogen and oxygen atoms in total. The van der Waals surface area contributed by atoms with E-state index in [1.165, 1.54) is 32.1 Å². The summed E-state index contributed by atoms with van der Waals surface area (Å²) < 4.78 is 0. The zero-order valence-corrected chi connectivity index (χ0v) is 12.3. The zero-order valence-electron chi connectivity index (χ0n) is 12.3. The van der Waals surface area contributed by atoms with Crippen LogP contribution in [0.3, 0.4) is 0 Å². The molecule has 5 N–H and O–H groups in total. The van der Waals surface area contributed by atoms with E-state index in [0.29, 0.717) is 6.04 Å². The summed E-state index contributed by atoms with van der Waals surface area (Å²) in [5, 5.41) is 14.0. The molecule has 0 saturated heterocycles. The predicted octanol–water partition coefficient (Wildman–Crippen LogP) is 2.65. The summed E-state index contributed by atoms with van der Waals surface area (Å²) in [6.07, 6.45) is 11.8. The Morgan fingerprint density at radius 1 is 1.00 bits per heavy atom. The normalized spacial score (nSPS) is 23.6. The summed E-state index contributed by atoms with van der Waals surface area (Å²) >= 11 is 0. The van der Waals surface area contributed by atoms with Crippen LogP contribution in [0.15, 0.2) is 0 Å². The first-order chi connectivity index (χ1) is 9.62. The Balaban J connectivity index is 1.92. The van der Waals surface area contributed by atoms with Gasteiger partial charge >= 0.3 is 6.03 Å². The molecule has 0 aromatic carbocycles.